The van der Waals surface area contributed by atoms with E-state index in [0.717, 1.165) is 66.9 Å². The number of ether oxygens (including phenoxy) is 2. The summed E-state index contributed by atoms with van der Waals surface area (Å²) in [6.07, 6.45) is 1.80. The summed E-state index contributed by atoms with van der Waals surface area (Å²) in [6.45, 7) is 2.27. The highest BCUT2D eigenvalue weighted by molar-refractivity contribution is 5.80. The molecule has 2 fully saturated rings. The first-order chi connectivity index (χ1) is 20.7. The molecule has 0 radical (unpaired) electrons. The van der Waals surface area contributed by atoms with Crippen LogP contribution in [0.3, 0.4) is 0 Å². The van der Waals surface area contributed by atoms with Crippen LogP contribution >= 0.6 is 0 Å². The van der Waals surface area contributed by atoms with Crippen molar-refractivity contribution in [2.75, 3.05) is 31.7 Å². The van der Waals surface area contributed by atoms with Gasteiger partial charge in [0, 0.05) is 42.8 Å². The van der Waals surface area contributed by atoms with Gasteiger partial charge < -0.3 is 14.4 Å². The molecule has 1 aromatic heterocycles. The zero-order valence-electron chi connectivity index (χ0n) is 23.7. The van der Waals surface area contributed by atoms with Crippen LogP contribution in [0.5, 0.6) is 11.5 Å². The molecule has 43 heavy (non-hydrogen) atoms. The summed E-state index contributed by atoms with van der Waals surface area (Å²) in [4.78, 5) is 37.3. The highest BCUT2D eigenvalue weighted by atomic mass is 19.4. The molecule has 5 rings (SSSR count). The first-order valence-electron chi connectivity index (χ1n) is 14.3. The standard InChI is InChI=1S/C32H33F3N2O6/c1-40-25-7-8-27(23-9-13-36-14-10-23)29(18-25)37-15-11-21(12-16-37)20-41-26-4-2-3-24(17-26)28(22-5-6-22)19-30(38)42-43-31(39)32(33,34)35/h2-4,7-10,13-14,17-18,21-22,28H,5-6,11-12,15-16,19-20H2,1H3/t28-/m0/s1. The maximum absolute atomic E-state index is 12.3. The molecule has 1 saturated heterocycles. The molecular formula is C32H33F3N2O6. The highest BCUT2D eigenvalue weighted by Gasteiger charge is 2.43. The highest BCUT2D eigenvalue weighted by Crippen LogP contribution is 2.45. The Kier molecular flexibility index (Phi) is 9.37. The Morgan fingerprint density at radius 2 is 1.70 bits per heavy atom. The Labute approximate surface area is 247 Å². The number of anilines is 1. The fourth-order valence-electron chi connectivity index (χ4n) is 5.47. The van der Waals surface area contributed by atoms with Crippen molar-refractivity contribution in [2.45, 2.75) is 44.2 Å². The molecule has 2 heterocycles. The van der Waals surface area contributed by atoms with Crippen LogP contribution in [0.15, 0.2) is 67.0 Å². The molecule has 3 aromatic rings. The van der Waals surface area contributed by atoms with E-state index in [1.807, 2.05) is 42.5 Å². The van der Waals surface area contributed by atoms with Crippen molar-refractivity contribution in [3.63, 3.8) is 0 Å². The number of nitrogens with zero attached hydrogens (tertiary/aromatic N) is 2. The second-order valence-electron chi connectivity index (χ2n) is 10.9. The number of halogens is 3. The minimum atomic E-state index is -5.24. The smallest absolute Gasteiger partial charge is 0.495 e. The fourth-order valence-corrected chi connectivity index (χ4v) is 5.47. The van der Waals surface area contributed by atoms with Crippen molar-refractivity contribution in [1.82, 2.24) is 4.98 Å². The van der Waals surface area contributed by atoms with Crippen molar-refractivity contribution in [3.8, 4) is 22.6 Å². The predicted molar refractivity (Wildman–Crippen MR) is 151 cm³/mol. The number of alkyl halides is 3. The summed E-state index contributed by atoms with van der Waals surface area (Å²) < 4.78 is 48.7. The number of carbonyl (C=O) groups is 2. The van der Waals surface area contributed by atoms with E-state index < -0.39 is 18.1 Å². The number of carbonyl (C=O) groups excluding carboxylic acids is 2. The Bertz CT molecular complexity index is 1410. The van der Waals surface area contributed by atoms with E-state index in [-0.39, 0.29) is 18.3 Å². The quantitative estimate of drug-likeness (QED) is 0.193. The SMILES string of the molecule is COc1ccc(-c2ccncc2)c(N2CCC(COc3cccc([C@@H](CC(=O)OOC(=O)C(F)(F)F)C4CC4)c3)CC2)c1. The number of hydrogen-bond acceptors (Lipinski definition) is 8. The average Bonchev–Trinajstić information content (AvgIpc) is 3.87. The third kappa shape index (κ3) is 7.97. The average molecular weight is 599 g/mol. The van der Waals surface area contributed by atoms with Gasteiger partial charge >= 0.3 is 18.1 Å². The van der Waals surface area contributed by atoms with Gasteiger partial charge in [0.1, 0.15) is 11.5 Å². The van der Waals surface area contributed by atoms with Crippen molar-refractivity contribution < 1.29 is 42.0 Å². The molecule has 1 saturated carbocycles. The maximum atomic E-state index is 12.3. The second kappa shape index (κ2) is 13.4. The van der Waals surface area contributed by atoms with Crippen molar-refractivity contribution in [1.29, 1.82) is 0 Å². The minimum Gasteiger partial charge on any atom is -0.497 e. The summed E-state index contributed by atoms with van der Waals surface area (Å²) in [5, 5.41) is 0. The van der Waals surface area contributed by atoms with Gasteiger partial charge in [-0.25, -0.2) is 19.4 Å². The molecule has 1 aliphatic heterocycles. The maximum Gasteiger partial charge on any atom is 0.495 e. The van der Waals surface area contributed by atoms with Gasteiger partial charge in [-0.2, -0.15) is 13.2 Å². The zero-order chi connectivity index (χ0) is 30.4. The number of methoxy groups -OCH3 is 1. The van der Waals surface area contributed by atoms with Gasteiger partial charge in [-0.05, 0) is 91.0 Å². The molecule has 8 nitrogen and oxygen atoms in total. The summed E-state index contributed by atoms with van der Waals surface area (Å²) in [5.41, 5.74) is 4.17. The Balaban J connectivity index is 1.16. The van der Waals surface area contributed by atoms with Crippen molar-refractivity contribution >= 4 is 17.6 Å². The summed E-state index contributed by atoms with van der Waals surface area (Å²) in [5.74, 6) is -1.86. The lowest BCUT2D eigenvalue weighted by Crippen LogP contribution is -2.35. The van der Waals surface area contributed by atoms with Gasteiger partial charge in [0.15, 0.2) is 0 Å². The molecule has 11 heteroatoms. The number of pyridine rings is 1. The minimum absolute atomic E-state index is 0.194. The molecule has 2 aliphatic rings. The van der Waals surface area contributed by atoms with E-state index in [1.54, 1.807) is 19.5 Å². The van der Waals surface area contributed by atoms with Crippen LogP contribution in [-0.4, -0.2) is 49.9 Å². The number of rotatable bonds is 10. The third-order valence-electron chi connectivity index (χ3n) is 7.94. The van der Waals surface area contributed by atoms with E-state index in [2.05, 4.69) is 31.8 Å². The lowest BCUT2D eigenvalue weighted by atomic mass is 9.91. The van der Waals surface area contributed by atoms with Crippen molar-refractivity contribution in [2.24, 2.45) is 11.8 Å². The van der Waals surface area contributed by atoms with Crippen LogP contribution < -0.4 is 14.4 Å². The summed E-state index contributed by atoms with van der Waals surface area (Å²) >= 11 is 0. The molecule has 2 aromatic carbocycles. The summed E-state index contributed by atoms with van der Waals surface area (Å²) in [6, 6.07) is 17.5. The van der Waals surface area contributed by atoms with Crippen LogP contribution in [0.4, 0.5) is 18.9 Å². The van der Waals surface area contributed by atoms with Gasteiger partial charge in [0.05, 0.1) is 20.1 Å². The molecule has 0 N–H and O–H groups in total. The van der Waals surface area contributed by atoms with Gasteiger partial charge in [-0.15, -0.1) is 0 Å². The Hall–Kier alpha value is -4.28. The van der Waals surface area contributed by atoms with Gasteiger partial charge in [-0.1, -0.05) is 12.1 Å². The van der Waals surface area contributed by atoms with Crippen molar-refractivity contribution in [3.05, 3.63) is 72.6 Å². The number of aromatic nitrogens is 1. The number of piperidine rings is 1. The van der Waals surface area contributed by atoms with E-state index in [0.29, 0.717) is 18.3 Å². The van der Waals surface area contributed by atoms with Crippen LogP contribution in [-0.2, 0) is 19.4 Å². The van der Waals surface area contributed by atoms with Gasteiger partial charge in [0.25, 0.3) is 0 Å². The normalized spacial score (nSPS) is 16.3. The zero-order valence-corrected chi connectivity index (χ0v) is 23.7. The lowest BCUT2D eigenvalue weighted by molar-refractivity contribution is -0.286. The first-order valence-corrected chi connectivity index (χ1v) is 14.3. The van der Waals surface area contributed by atoms with Crippen LogP contribution in [0.2, 0.25) is 0 Å². The van der Waals surface area contributed by atoms with Gasteiger partial charge in [-0.3, -0.25) is 4.98 Å². The molecule has 0 unspecified atom stereocenters. The van der Waals surface area contributed by atoms with Crippen LogP contribution in [0.1, 0.15) is 43.6 Å². The second-order valence-corrected chi connectivity index (χ2v) is 10.9. The Morgan fingerprint density at radius 3 is 2.37 bits per heavy atom. The predicted octanol–water partition coefficient (Wildman–Crippen LogP) is 6.50. The van der Waals surface area contributed by atoms with Crippen LogP contribution in [0.25, 0.3) is 11.1 Å². The molecule has 0 bridgehead atoms. The summed E-state index contributed by atoms with van der Waals surface area (Å²) in [7, 11) is 1.66. The topological polar surface area (TPSA) is 87.2 Å². The van der Waals surface area contributed by atoms with E-state index in [9.17, 15) is 22.8 Å². The molecule has 0 spiro atoms. The first kappa shape index (κ1) is 30.2. The third-order valence-corrected chi connectivity index (χ3v) is 7.94. The van der Waals surface area contributed by atoms with E-state index >= 15 is 0 Å². The number of hydrogen-bond donors (Lipinski definition) is 0. The van der Waals surface area contributed by atoms with Gasteiger partial charge in [0.2, 0.25) is 0 Å². The van der Waals surface area contributed by atoms with Crippen LogP contribution in [0, 0.1) is 11.8 Å². The monoisotopic (exact) mass is 598 g/mol. The molecule has 228 valence electrons. The van der Waals surface area contributed by atoms with E-state index in [1.165, 1.54) is 0 Å². The molecule has 1 aliphatic carbocycles. The number of benzene rings is 2. The molecule has 1 atom stereocenters. The van der Waals surface area contributed by atoms with E-state index in [4.69, 9.17) is 9.47 Å². The molecule has 0 amide bonds. The largest absolute Gasteiger partial charge is 0.497 e. The Morgan fingerprint density at radius 1 is 0.953 bits per heavy atom. The lowest BCUT2D eigenvalue weighted by Gasteiger charge is -2.35. The molecular weight excluding hydrogens is 565 g/mol. The fraction of sp³-hybridized carbons (Fsp3) is 0.406.